The van der Waals surface area contributed by atoms with Crippen LogP contribution in [0.15, 0.2) is 29.8 Å². The number of H-pyrrole nitrogens is 1. The van der Waals surface area contributed by atoms with E-state index in [1.807, 2.05) is 0 Å². The van der Waals surface area contributed by atoms with Gasteiger partial charge in [0, 0.05) is 34.8 Å². The number of aliphatic carboxylic acids is 1. The van der Waals surface area contributed by atoms with Crippen LogP contribution in [-0.4, -0.2) is 27.8 Å². The molecule has 0 bridgehead atoms. The average molecular weight is 440 g/mol. The Hall–Kier alpha value is -2.32. The molecule has 2 unspecified atom stereocenters. The lowest BCUT2D eigenvalue weighted by Crippen LogP contribution is -2.29. The quantitative estimate of drug-likeness (QED) is 0.640. The fourth-order valence-corrected chi connectivity index (χ4v) is 4.79. The highest BCUT2D eigenvalue weighted by Gasteiger charge is 2.37. The monoisotopic (exact) mass is 439 g/mol. The molecule has 1 aliphatic heterocycles. The van der Waals surface area contributed by atoms with Gasteiger partial charge < -0.3 is 10.4 Å². The number of carbonyl (C=O) groups is 1. The minimum Gasteiger partial charge on any atom is -0.478 e. The van der Waals surface area contributed by atoms with Crippen LogP contribution in [0.1, 0.15) is 59.3 Å². The van der Waals surface area contributed by atoms with Crippen molar-refractivity contribution in [3.63, 3.8) is 0 Å². The van der Waals surface area contributed by atoms with Crippen LogP contribution in [0, 0.1) is 0 Å². The number of fused-ring (bicyclic) bond motifs is 1. The van der Waals surface area contributed by atoms with Crippen LogP contribution in [0.25, 0.3) is 0 Å². The minimum absolute atomic E-state index is 0.0967. The Morgan fingerprint density at radius 2 is 2.13 bits per heavy atom. The molecule has 0 radical (unpaired) electrons. The van der Waals surface area contributed by atoms with E-state index < -0.39 is 17.7 Å². The standard InChI is InChI=1S/C21H21ClF3N3O2/c22-15-5-2-4-14(21(23,24)25)13(15)9-11-3-1-6-16-18(11)19(28-27-16)17-10-12(20(29)30)7-8-26-17/h2,4-5,7,11,17,26H,1,3,6,8-10H2,(H,27,28)(H,29,30). The van der Waals surface area contributed by atoms with Gasteiger partial charge in [-0.05, 0) is 49.3 Å². The largest absolute Gasteiger partial charge is 0.478 e. The van der Waals surface area contributed by atoms with Crippen LogP contribution in [0.3, 0.4) is 0 Å². The molecular weight excluding hydrogens is 419 g/mol. The van der Waals surface area contributed by atoms with Crippen LogP contribution in [-0.2, 0) is 23.8 Å². The molecule has 2 heterocycles. The normalized spacial score (nSPS) is 21.8. The number of hydrogen-bond acceptors (Lipinski definition) is 3. The first kappa shape index (κ1) is 20.9. The van der Waals surface area contributed by atoms with Gasteiger partial charge in [-0.3, -0.25) is 5.10 Å². The number of alkyl halides is 3. The second kappa shape index (κ2) is 8.07. The first-order valence-electron chi connectivity index (χ1n) is 9.83. The molecule has 9 heteroatoms. The summed E-state index contributed by atoms with van der Waals surface area (Å²) in [4.78, 5) is 11.4. The van der Waals surface area contributed by atoms with E-state index in [1.54, 1.807) is 6.08 Å². The molecule has 1 aromatic heterocycles. The Bertz CT molecular complexity index is 1000. The van der Waals surface area contributed by atoms with Gasteiger partial charge in [0.25, 0.3) is 0 Å². The van der Waals surface area contributed by atoms with Crippen molar-refractivity contribution < 1.29 is 23.1 Å². The molecule has 1 aromatic carbocycles. The van der Waals surface area contributed by atoms with Crippen molar-refractivity contribution >= 4 is 17.6 Å². The van der Waals surface area contributed by atoms with Gasteiger partial charge in [-0.2, -0.15) is 18.3 Å². The molecule has 160 valence electrons. The molecule has 2 aromatic rings. The Labute approximate surface area is 176 Å². The number of hydrogen-bond donors (Lipinski definition) is 3. The van der Waals surface area contributed by atoms with E-state index in [4.69, 9.17) is 11.6 Å². The van der Waals surface area contributed by atoms with E-state index >= 15 is 0 Å². The van der Waals surface area contributed by atoms with E-state index in [0.717, 1.165) is 36.6 Å². The van der Waals surface area contributed by atoms with Gasteiger partial charge in [-0.1, -0.05) is 23.7 Å². The zero-order valence-corrected chi connectivity index (χ0v) is 16.8. The first-order chi connectivity index (χ1) is 14.3. The highest BCUT2D eigenvalue weighted by molar-refractivity contribution is 6.31. The zero-order chi connectivity index (χ0) is 21.5. The summed E-state index contributed by atoms with van der Waals surface area (Å²) in [6.07, 6.45) is -0.0961. The van der Waals surface area contributed by atoms with Crippen molar-refractivity contribution in [2.24, 2.45) is 0 Å². The highest BCUT2D eigenvalue weighted by Crippen LogP contribution is 2.42. The summed E-state index contributed by atoms with van der Waals surface area (Å²) < 4.78 is 40.7. The number of carboxylic acid groups (broad SMARTS) is 1. The van der Waals surface area contributed by atoms with Gasteiger partial charge in [0.2, 0.25) is 0 Å². The highest BCUT2D eigenvalue weighted by atomic mass is 35.5. The average Bonchev–Trinajstić information content (AvgIpc) is 3.14. The van der Waals surface area contributed by atoms with E-state index in [1.165, 1.54) is 12.1 Å². The summed E-state index contributed by atoms with van der Waals surface area (Å²) in [5.74, 6) is -1.14. The second-order valence-corrected chi connectivity index (χ2v) is 8.16. The molecule has 2 atom stereocenters. The van der Waals surface area contributed by atoms with Crippen molar-refractivity contribution in [2.45, 2.75) is 50.2 Å². The summed E-state index contributed by atoms with van der Waals surface area (Å²) in [5.41, 5.74) is 2.21. The van der Waals surface area contributed by atoms with Gasteiger partial charge in [0.15, 0.2) is 0 Å². The topological polar surface area (TPSA) is 78.0 Å². The van der Waals surface area contributed by atoms with Gasteiger partial charge in [-0.15, -0.1) is 0 Å². The number of aryl methyl sites for hydroxylation is 1. The molecule has 0 saturated carbocycles. The maximum Gasteiger partial charge on any atom is 0.416 e. The molecule has 1 aliphatic carbocycles. The maximum absolute atomic E-state index is 13.6. The van der Waals surface area contributed by atoms with Gasteiger partial charge in [-0.25, -0.2) is 4.79 Å². The third kappa shape index (κ3) is 3.98. The maximum atomic E-state index is 13.6. The SMILES string of the molecule is O=C(O)C1=CCNC(c2n[nH]c3c2C(Cc2c(Cl)cccc2C(F)(F)F)CCC3)C1. The second-order valence-electron chi connectivity index (χ2n) is 7.76. The predicted molar refractivity (Wildman–Crippen MR) is 106 cm³/mol. The lowest BCUT2D eigenvalue weighted by Gasteiger charge is -2.28. The fraction of sp³-hybridized carbons (Fsp3) is 0.429. The number of nitrogens with one attached hydrogen (secondary N) is 2. The van der Waals surface area contributed by atoms with Crippen LogP contribution >= 0.6 is 11.6 Å². The van der Waals surface area contributed by atoms with Crippen LogP contribution in [0.4, 0.5) is 13.2 Å². The Morgan fingerprint density at radius 3 is 2.87 bits per heavy atom. The molecule has 30 heavy (non-hydrogen) atoms. The third-order valence-corrected chi connectivity index (χ3v) is 6.27. The Balaban J connectivity index is 1.69. The van der Waals surface area contributed by atoms with E-state index in [2.05, 4.69) is 15.5 Å². The number of aromatic nitrogens is 2. The van der Waals surface area contributed by atoms with Crippen molar-refractivity contribution in [3.05, 3.63) is 62.9 Å². The molecule has 2 aliphatic rings. The molecule has 0 spiro atoms. The summed E-state index contributed by atoms with van der Waals surface area (Å²) in [5, 5.41) is 20.2. The lowest BCUT2D eigenvalue weighted by atomic mass is 9.79. The van der Waals surface area contributed by atoms with Gasteiger partial charge >= 0.3 is 12.1 Å². The summed E-state index contributed by atoms with van der Waals surface area (Å²) in [6, 6.07) is 3.57. The molecule has 3 N–H and O–H groups in total. The van der Waals surface area contributed by atoms with Crippen LogP contribution in [0.5, 0.6) is 0 Å². The summed E-state index contributed by atoms with van der Waals surface area (Å²) >= 11 is 6.19. The number of carboxylic acids is 1. The number of halogens is 4. The summed E-state index contributed by atoms with van der Waals surface area (Å²) in [6.45, 7) is 0.404. The molecule has 0 fully saturated rings. The molecule has 0 amide bonds. The smallest absolute Gasteiger partial charge is 0.416 e. The zero-order valence-electron chi connectivity index (χ0n) is 16.0. The third-order valence-electron chi connectivity index (χ3n) is 5.92. The molecule has 5 nitrogen and oxygen atoms in total. The van der Waals surface area contributed by atoms with Gasteiger partial charge in [0.05, 0.1) is 17.3 Å². The molecular formula is C21H21ClF3N3O2. The van der Waals surface area contributed by atoms with Crippen LogP contribution < -0.4 is 5.32 Å². The van der Waals surface area contributed by atoms with E-state index in [-0.39, 0.29) is 35.4 Å². The number of aromatic amines is 1. The van der Waals surface area contributed by atoms with Gasteiger partial charge in [0.1, 0.15) is 0 Å². The van der Waals surface area contributed by atoms with Crippen LogP contribution in [0.2, 0.25) is 5.02 Å². The fourth-order valence-electron chi connectivity index (χ4n) is 4.53. The molecule has 0 saturated heterocycles. The van der Waals surface area contributed by atoms with Crippen molar-refractivity contribution in [3.8, 4) is 0 Å². The Kier molecular flexibility index (Phi) is 5.63. The predicted octanol–water partition coefficient (Wildman–Crippen LogP) is 4.79. The van der Waals surface area contributed by atoms with Crippen molar-refractivity contribution in [1.29, 1.82) is 0 Å². The first-order valence-corrected chi connectivity index (χ1v) is 10.2. The minimum atomic E-state index is -4.48. The summed E-state index contributed by atoms with van der Waals surface area (Å²) in [7, 11) is 0. The van der Waals surface area contributed by atoms with Crippen molar-refractivity contribution in [2.75, 3.05) is 6.54 Å². The molecule has 4 rings (SSSR count). The lowest BCUT2D eigenvalue weighted by molar-refractivity contribution is -0.138. The number of rotatable bonds is 4. The van der Waals surface area contributed by atoms with E-state index in [9.17, 15) is 23.1 Å². The number of benzene rings is 1. The van der Waals surface area contributed by atoms with E-state index in [0.29, 0.717) is 17.8 Å². The van der Waals surface area contributed by atoms with Crippen molar-refractivity contribution in [1.82, 2.24) is 15.5 Å². The Morgan fingerprint density at radius 1 is 1.33 bits per heavy atom. The number of nitrogens with zero attached hydrogens (tertiary/aromatic N) is 1.